The van der Waals surface area contributed by atoms with Crippen LogP contribution in [-0.4, -0.2) is 16.9 Å². The molecule has 3 aromatic carbocycles. The van der Waals surface area contributed by atoms with Crippen LogP contribution >= 0.6 is 12.2 Å². The van der Waals surface area contributed by atoms with Crippen molar-refractivity contribution < 1.29 is 9.59 Å². The van der Waals surface area contributed by atoms with Crippen molar-refractivity contribution in [1.82, 2.24) is 5.32 Å². The molecule has 3 aromatic rings. The number of benzene rings is 3. The van der Waals surface area contributed by atoms with Crippen LogP contribution in [0.2, 0.25) is 0 Å². The third-order valence-corrected chi connectivity index (χ3v) is 3.87. The molecule has 25 heavy (non-hydrogen) atoms. The van der Waals surface area contributed by atoms with Crippen LogP contribution in [0.3, 0.4) is 0 Å². The van der Waals surface area contributed by atoms with Crippen molar-refractivity contribution in [2.45, 2.75) is 0 Å². The van der Waals surface area contributed by atoms with E-state index in [4.69, 9.17) is 18.0 Å². The topological polar surface area (TPSA) is 84.2 Å². The molecule has 0 saturated carbocycles. The Balaban J connectivity index is 1.84. The first-order valence-electron chi connectivity index (χ1n) is 7.54. The lowest BCUT2D eigenvalue weighted by Gasteiger charge is -2.13. The van der Waals surface area contributed by atoms with Gasteiger partial charge in [0.05, 0.1) is 11.3 Å². The van der Waals surface area contributed by atoms with Gasteiger partial charge in [0, 0.05) is 5.56 Å². The second kappa shape index (κ2) is 7.11. The molecule has 2 amide bonds. The molecular formula is C19H15N3O2S. The van der Waals surface area contributed by atoms with Crippen LogP contribution < -0.4 is 16.4 Å². The number of primary amides is 1. The summed E-state index contributed by atoms with van der Waals surface area (Å²) in [6.45, 7) is 0. The summed E-state index contributed by atoms with van der Waals surface area (Å²) in [7, 11) is 0. The fraction of sp³-hybridized carbons (Fsp3) is 0. The lowest BCUT2D eigenvalue weighted by molar-refractivity contribution is 0.0975. The highest BCUT2D eigenvalue weighted by Crippen LogP contribution is 2.24. The number of anilines is 1. The molecule has 0 aromatic heterocycles. The van der Waals surface area contributed by atoms with Crippen molar-refractivity contribution in [2.75, 3.05) is 5.32 Å². The van der Waals surface area contributed by atoms with E-state index in [0.29, 0.717) is 16.8 Å². The van der Waals surface area contributed by atoms with Gasteiger partial charge in [0.25, 0.3) is 11.8 Å². The Labute approximate surface area is 149 Å². The SMILES string of the molecule is NC(=O)c1cc2ccccc2cc1NC(=S)NC(=O)c1ccccc1. The Morgan fingerprint density at radius 1 is 0.880 bits per heavy atom. The lowest BCUT2D eigenvalue weighted by Crippen LogP contribution is -2.34. The number of rotatable bonds is 3. The van der Waals surface area contributed by atoms with Gasteiger partial charge in [-0.3, -0.25) is 14.9 Å². The molecule has 0 atom stereocenters. The fourth-order valence-corrected chi connectivity index (χ4v) is 2.67. The van der Waals surface area contributed by atoms with E-state index in [1.807, 2.05) is 30.3 Å². The molecule has 0 fully saturated rings. The van der Waals surface area contributed by atoms with Gasteiger partial charge < -0.3 is 11.1 Å². The van der Waals surface area contributed by atoms with Gasteiger partial charge in [-0.2, -0.15) is 0 Å². The van der Waals surface area contributed by atoms with Gasteiger partial charge in [-0.15, -0.1) is 0 Å². The van der Waals surface area contributed by atoms with E-state index in [1.54, 1.807) is 36.4 Å². The first-order chi connectivity index (χ1) is 12.0. The van der Waals surface area contributed by atoms with Crippen LogP contribution in [0.1, 0.15) is 20.7 Å². The third-order valence-electron chi connectivity index (χ3n) is 3.66. The van der Waals surface area contributed by atoms with Gasteiger partial charge in [0.15, 0.2) is 5.11 Å². The maximum absolute atomic E-state index is 12.1. The second-order valence-electron chi connectivity index (χ2n) is 5.38. The zero-order valence-corrected chi connectivity index (χ0v) is 14.0. The van der Waals surface area contributed by atoms with E-state index in [1.165, 1.54) is 0 Å². The Morgan fingerprint density at radius 3 is 2.12 bits per heavy atom. The monoisotopic (exact) mass is 349 g/mol. The van der Waals surface area contributed by atoms with Crippen LogP contribution in [-0.2, 0) is 0 Å². The first-order valence-corrected chi connectivity index (χ1v) is 7.95. The maximum Gasteiger partial charge on any atom is 0.257 e. The van der Waals surface area contributed by atoms with Gasteiger partial charge in [0.2, 0.25) is 0 Å². The van der Waals surface area contributed by atoms with Crippen molar-refractivity contribution in [3.05, 3.63) is 77.9 Å². The van der Waals surface area contributed by atoms with E-state index in [0.717, 1.165) is 10.8 Å². The second-order valence-corrected chi connectivity index (χ2v) is 5.79. The third kappa shape index (κ3) is 3.81. The number of hydrogen-bond acceptors (Lipinski definition) is 3. The molecule has 3 rings (SSSR count). The summed E-state index contributed by atoms with van der Waals surface area (Å²) in [4.78, 5) is 23.9. The fourth-order valence-electron chi connectivity index (χ4n) is 2.47. The Bertz CT molecular complexity index is 971. The van der Waals surface area contributed by atoms with E-state index in [-0.39, 0.29) is 11.0 Å². The van der Waals surface area contributed by atoms with Gasteiger partial charge in [0.1, 0.15) is 0 Å². The normalized spacial score (nSPS) is 10.2. The Kier molecular flexibility index (Phi) is 4.72. The molecule has 0 aliphatic carbocycles. The Morgan fingerprint density at radius 2 is 1.48 bits per heavy atom. The van der Waals surface area contributed by atoms with Crippen molar-refractivity contribution in [2.24, 2.45) is 5.73 Å². The van der Waals surface area contributed by atoms with E-state index in [9.17, 15) is 9.59 Å². The number of carbonyl (C=O) groups is 2. The maximum atomic E-state index is 12.1. The van der Waals surface area contributed by atoms with Gasteiger partial charge in [-0.25, -0.2) is 0 Å². The number of fused-ring (bicyclic) bond motifs is 1. The molecule has 0 bridgehead atoms. The predicted octanol–water partition coefficient (Wildman–Crippen LogP) is 3.07. The summed E-state index contributed by atoms with van der Waals surface area (Å²) >= 11 is 5.19. The quantitative estimate of drug-likeness (QED) is 0.635. The summed E-state index contributed by atoms with van der Waals surface area (Å²) < 4.78 is 0. The van der Waals surface area contributed by atoms with Crippen LogP contribution in [0.5, 0.6) is 0 Å². The van der Waals surface area contributed by atoms with Crippen LogP contribution in [0, 0.1) is 0 Å². The Hall–Kier alpha value is -3.25. The molecule has 0 unspecified atom stereocenters. The van der Waals surface area contributed by atoms with E-state index in [2.05, 4.69) is 10.6 Å². The predicted molar refractivity (Wildman–Crippen MR) is 103 cm³/mol. The minimum atomic E-state index is -0.578. The van der Waals surface area contributed by atoms with Crippen LogP contribution in [0.25, 0.3) is 10.8 Å². The van der Waals surface area contributed by atoms with Crippen molar-refractivity contribution >= 4 is 45.6 Å². The van der Waals surface area contributed by atoms with Crippen molar-refractivity contribution in [3.8, 4) is 0 Å². The van der Waals surface area contributed by atoms with Crippen LogP contribution in [0.4, 0.5) is 5.69 Å². The molecule has 0 saturated heterocycles. The minimum Gasteiger partial charge on any atom is -0.366 e. The highest BCUT2D eigenvalue weighted by molar-refractivity contribution is 7.80. The molecule has 4 N–H and O–H groups in total. The summed E-state index contributed by atoms with van der Waals surface area (Å²) in [5.74, 6) is -0.912. The molecule has 5 nitrogen and oxygen atoms in total. The van der Waals surface area contributed by atoms with E-state index >= 15 is 0 Å². The standard InChI is InChI=1S/C19H15N3O2S/c20-17(23)15-10-13-8-4-5-9-14(13)11-16(15)21-19(25)22-18(24)12-6-2-1-3-7-12/h1-11H,(H2,20,23)(H2,21,22,24,25). The molecule has 0 heterocycles. The van der Waals surface area contributed by atoms with Gasteiger partial charge in [-0.1, -0.05) is 42.5 Å². The first kappa shape index (κ1) is 16.6. The number of carbonyl (C=O) groups excluding carboxylic acids is 2. The summed E-state index contributed by atoms with van der Waals surface area (Å²) in [5.41, 5.74) is 6.70. The highest BCUT2D eigenvalue weighted by Gasteiger charge is 2.13. The summed E-state index contributed by atoms with van der Waals surface area (Å²) in [6, 6.07) is 19.8. The average molecular weight is 349 g/mol. The number of amides is 2. The van der Waals surface area contributed by atoms with Crippen molar-refractivity contribution in [1.29, 1.82) is 0 Å². The number of nitrogens with one attached hydrogen (secondary N) is 2. The molecule has 6 heteroatoms. The lowest BCUT2D eigenvalue weighted by atomic mass is 10.0. The van der Waals surface area contributed by atoms with Crippen LogP contribution in [0.15, 0.2) is 66.7 Å². The van der Waals surface area contributed by atoms with Gasteiger partial charge >= 0.3 is 0 Å². The average Bonchev–Trinajstić information content (AvgIpc) is 2.61. The smallest absolute Gasteiger partial charge is 0.257 e. The summed E-state index contributed by atoms with van der Waals surface area (Å²) in [6.07, 6.45) is 0. The summed E-state index contributed by atoms with van der Waals surface area (Å²) in [5, 5.41) is 7.37. The van der Waals surface area contributed by atoms with Gasteiger partial charge in [-0.05, 0) is 47.3 Å². The highest BCUT2D eigenvalue weighted by atomic mass is 32.1. The zero-order chi connectivity index (χ0) is 17.8. The zero-order valence-electron chi connectivity index (χ0n) is 13.2. The number of nitrogens with two attached hydrogens (primary N) is 1. The van der Waals surface area contributed by atoms with Crippen molar-refractivity contribution in [3.63, 3.8) is 0 Å². The molecule has 0 aliphatic heterocycles. The number of hydrogen-bond donors (Lipinski definition) is 3. The molecule has 0 aliphatic rings. The van der Waals surface area contributed by atoms with E-state index < -0.39 is 5.91 Å². The molecule has 124 valence electrons. The minimum absolute atomic E-state index is 0.0895. The largest absolute Gasteiger partial charge is 0.366 e. The molecule has 0 spiro atoms. The number of thiocarbonyl (C=S) groups is 1. The molecular weight excluding hydrogens is 334 g/mol. The molecule has 0 radical (unpaired) electrons.